The topological polar surface area (TPSA) is 61.4 Å². The van der Waals surface area contributed by atoms with Crippen LogP contribution < -0.4 is 0 Å². The minimum Gasteiger partial charge on any atom is -0.278 e. The zero-order valence-electron chi connectivity index (χ0n) is 40.3. The molecule has 5 aromatic heterocycles. The van der Waals surface area contributed by atoms with Crippen molar-refractivity contribution in [3.8, 4) is 79.2 Å². The van der Waals surface area contributed by atoms with Crippen LogP contribution in [0.4, 0.5) is 0 Å². The number of thiophene rings is 1. The van der Waals surface area contributed by atoms with E-state index in [1.807, 2.05) is 35.6 Å². The summed E-state index contributed by atoms with van der Waals surface area (Å²) in [6, 6.07) is 90.4. The summed E-state index contributed by atoms with van der Waals surface area (Å²) in [5.41, 5.74) is 16.3. The van der Waals surface area contributed by atoms with E-state index in [4.69, 9.17) is 19.9 Å². The van der Waals surface area contributed by atoms with Crippen molar-refractivity contribution in [2.45, 2.75) is 0 Å². The number of nitrogens with zero attached hydrogens (tertiary/aromatic N) is 6. The fraction of sp³-hybridized carbons (Fsp3) is 0. The molecule has 0 aliphatic rings. The molecule has 0 atom stereocenters. The molecule has 0 spiro atoms. The Kier molecular flexibility index (Phi) is 9.96. The molecule has 0 fully saturated rings. The van der Waals surface area contributed by atoms with Gasteiger partial charge in [-0.2, -0.15) is 0 Å². The van der Waals surface area contributed by atoms with Gasteiger partial charge in [0.1, 0.15) is 0 Å². The molecule has 0 saturated heterocycles. The van der Waals surface area contributed by atoms with Gasteiger partial charge in [0.2, 0.25) is 11.9 Å². The van der Waals surface area contributed by atoms with Gasteiger partial charge >= 0.3 is 0 Å². The highest BCUT2D eigenvalue weighted by atomic mass is 32.1. The maximum atomic E-state index is 5.37. The highest BCUT2D eigenvalue weighted by Crippen LogP contribution is 2.42. The van der Waals surface area contributed by atoms with Crippen LogP contribution in [0.25, 0.3) is 143 Å². The predicted molar refractivity (Wildman–Crippen MR) is 312 cm³/mol. The van der Waals surface area contributed by atoms with Crippen LogP contribution in [0.15, 0.2) is 255 Å². The molecule has 0 N–H and O–H groups in total. The van der Waals surface area contributed by atoms with Crippen molar-refractivity contribution < 1.29 is 0 Å². The van der Waals surface area contributed by atoms with Gasteiger partial charge in [0.15, 0.2) is 0 Å². The molecule has 0 saturated carbocycles. The van der Waals surface area contributed by atoms with Crippen LogP contribution in [0.2, 0.25) is 0 Å². The maximum Gasteiger partial charge on any atom is 0.235 e. The monoisotopic (exact) mass is 974 g/mol. The molecule has 0 aliphatic carbocycles. The largest absolute Gasteiger partial charge is 0.278 e. The molecule has 0 amide bonds. The van der Waals surface area contributed by atoms with Crippen molar-refractivity contribution in [1.29, 1.82) is 0 Å². The first kappa shape index (κ1) is 42.8. The maximum absolute atomic E-state index is 5.37. The Labute approximate surface area is 435 Å². The van der Waals surface area contributed by atoms with E-state index in [9.17, 15) is 0 Å². The third kappa shape index (κ3) is 7.32. The van der Waals surface area contributed by atoms with Crippen molar-refractivity contribution in [3.05, 3.63) is 255 Å². The number of benzene rings is 10. The molecule has 7 heteroatoms. The van der Waals surface area contributed by atoms with Crippen molar-refractivity contribution >= 4 is 75.1 Å². The lowest BCUT2D eigenvalue weighted by Gasteiger charge is -2.12. The van der Waals surface area contributed by atoms with Crippen molar-refractivity contribution in [2.75, 3.05) is 0 Å². The van der Waals surface area contributed by atoms with Gasteiger partial charge < -0.3 is 0 Å². The van der Waals surface area contributed by atoms with E-state index < -0.39 is 0 Å². The molecule has 5 heterocycles. The third-order valence-electron chi connectivity index (χ3n) is 14.6. The van der Waals surface area contributed by atoms with E-state index in [2.05, 4.69) is 240 Å². The fourth-order valence-electron chi connectivity index (χ4n) is 11.0. The highest BCUT2D eigenvalue weighted by molar-refractivity contribution is 7.25. The molecule has 15 aromatic rings. The first-order valence-corrected chi connectivity index (χ1v) is 26.0. The van der Waals surface area contributed by atoms with Crippen LogP contribution in [-0.4, -0.2) is 29.1 Å². The van der Waals surface area contributed by atoms with E-state index >= 15 is 0 Å². The van der Waals surface area contributed by atoms with Crippen LogP contribution in [-0.2, 0) is 0 Å². The normalized spacial score (nSPS) is 11.7. The van der Waals surface area contributed by atoms with Gasteiger partial charge in [0, 0.05) is 64.0 Å². The second-order valence-electron chi connectivity index (χ2n) is 19.0. The summed E-state index contributed by atoms with van der Waals surface area (Å²) in [6.07, 6.45) is 0. The van der Waals surface area contributed by atoms with Gasteiger partial charge in [-0.3, -0.25) is 9.13 Å². The summed E-state index contributed by atoms with van der Waals surface area (Å²) < 4.78 is 7.05. The minimum absolute atomic E-state index is 0.616. The van der Waals surface area contributed by atoms with E-state index in [-0.39, 0.29) is 0 Å². The van der Waals surface area contributed by atoms with Gasteiger partial charge in [0.05, 0.1) is 44.8 Å². The average molecular weight is 975 g/mol. The lowest BCUT2D eigenvalue weighted by atomic mass is 9.98. The predicted octanol–water partition coefficient (Wildman–Crippen LogP) is 17.8. The molecule has 0 radical (unpaired) electrons. The molecular weight excluding hydrogens is 933 g/mol. The standard InChI is InChI=1S/C68H42N6S/c1-5-17-43(18-6-1)57-41-58(44-19-7-2-8-20-44)70-67(69-57)73-61-27-15-13-25-51(61)53-37-47(29-33-62(53)73)48-30-34-63-54(38-48)55-39-49(50-32-36-66-56(40-50)52-26-14-16-28-65(52)75-66)31-35-64(55)74(63)68-71-59(45-21-9-3-10-22-45)42-60(72-68)46-23-11-4-12-24-46/h1-42H. The number of hydrogen-bond acceptors (Lipinski definition) is 5. The number of para-hydroxylation sites is 1. The minimum atomic E-state index is 0.616. The van der Waals surface area contributed by atoms with Gasteiger partial charge in [-0.15, -0.1) is 11.3 Å². The first-order valence-electron chi connectivity index (χ1n) is 25.2. The Bertz CT molecular complexity index is 4580. The molecule has 15 rings (SSSR count). The third-order valence-corrected chi connectivity index (χ3v) is 15.7. The number of rotatable bonds is 8. The lowest BCUT2D eigenvalue weighted by molar-refractivity contribution is 0.995. The Morgan fingerprint density at radius 3 is 0.987 bits per heavy atom. The molecule has 10 aromatic carbocycles. The van der Waals surface area contributed by atoms with Crippen LogP contribution in [0.1, 0.15) is 0 Å². The molecule has 75 heavy (non-hydrogen) atoms. The molecule has 0 bridgehead atoms. The molecule has 0 aliphatic heterocycles. The summed E-state index contributed by atoms with van der Waals surface area (Å²) >= 11 is 1.84. The van der Waals surface area contributed by atoms with E-state index in [1.54, 1.807) is 0 Å². The SMILES string of the molecule is c1ccc(-c2cc(-c3ccccc3)nc(-n3c4ccccc4c4cc(-c5ccc6c(c5)c5cc(-c7ccc8sc9ccccc9c8c7)ccc5n6-c5nc(-c6ccccc6)cc(-c6ccccc6)n5)ccc43)n2)cc1. The summed E-state index contributed by atoms with van der Waals surface area (Å²) in [5, 5.41) is 7.06. The van der Waals surface area contributed by atoms with Crippen LogP contribution >= 0.6 is 11.3 Å². The Morgan fingerprint density at radius 1 is 0.227 bits per heavy atom. The molecule has 0 unspecified atom stereocenters. The summed E-state index contributed by atoms with van der Waals surface area (Å²) in [7, 11) is 0. The number of aromatic nitrogens is 6. The van der Waals surface area contributed by atoms with Crippen LogP contribution in [0.3, 0.4) is 0 Å². The van der Waals surface area contributed by atoms with Crippen LogP contribution in [0, 0.1) is 0 Å². The zero-order chi connectivity index (χ0) is 49.4. The summed E-state index contributed by atoms with van der Waals surface area (Å²) in [4.78, 5) is 21.3. The number of hydrogen-bond donors (Lipinski definition) is 0. The van der Waals surface area contributed by atoms with E-state index in [0.717, 1.165) is 105 Å². The van der Waals surface area contributed by atoms with E-state index in [0.29, 0.717) is 11.9 Å². The average Bonchev–Trinajstić information content (AvgIpc) is 4.15. The zero-order valence-corrected chi connectivity index (χ0v) is 41.2. The summed E-state index contributed by atoms with van der Waals surface area (Å²) in [5.74, 6) is 1.24. The second-order valence-corrected chi connectivity index (χ2v) is 20.1. The van der Waals surface area contributed by atoms with Gasteiger partial charge in [-0.25, -0.2) is 19.9 Å². The van der Waals surface area contributed by atoms with Gasteiger partial charge in [-0.05, 0) is 95.1 Å². The molecule has 6 nitrogen and oxygen atoms in total. The van der Waals surface area contributed by atoms with E-state index in [1.165, 1.54) is 25.7 Å². The first-order chi connectivity index (χ1) is 37.1. The highest BCUT2D eigenvalue weighted by Gasteiger charge is 2.21. The van der Waals surface area contributed by atoms with Crippen molar-refractivity contribution in [3.63, 3.8) is 0 Å². The molecular formula is C68H42N6S. The van der Waals surface area contributed by atoms with Crippen molar-refractivity contribution in [2.24, 2.45) is 0 Å². The Morgan fingerprint density at radius 2 is 0.547 bits per heavy atom. The smallest absolute Gasteiger partial charge is 0.235 e. The number of fused-ring (bicyclic) bond motifs is 9. The quantitative estimate of drug-likeness (QED) is 0.152. The molecule has 350 valence electrons. The van der Waals surface area contributed by atoms with Crippen molar-refractivity contribution in [1.82, 2.24) is 29.1 Å². The van der Waals surface area contributed by atoms with Gasteiger partial charge in [-0.1, -0.05) is 182 Å². The summed E-state index contributed by atoms with van der Waals surface area (Å²) in [6.45, 7) is 0. The van der Waals surface area contributed by atoms with Crippen LogP contribution in [0.5, 0.6) is 0 Å². The fourth-order valence-corrected chi connectivity index (χ4v) is 12.1. The van der Waals surface area contributed by atoms with Gasteiger partial charge in [0.25, 0.3) is 0 Å². The second kappa shape index (κ2) is 17.4. The lowest BCUT2D eigenvalue weighted by Crippen LogP contribution is -2.04. The Hall–Kier alpha value is -9.82. The Balaban J connectivity index is 0.932.